The number of rotatable bonds is 9. The van der Waals surface area contributed by atoms with Crippen molar-refractivity contribution in [3.8, 4) is 0 Å². The largest absolute Gasteiger partial charge is 0.390 e. The van der Waals surface area contributed by atoms with Crippen LogP contribution in [0.2, 0.25) is 0 Å². The van der Waals surface area contributed by atoms with Crippen molar-refractivity contribution in [1.29, 1.82) is 0 Å². The van der Waals surface area contributed by atoms with Gasteiger partial charge in [-0.25, -0.2) is 0 Å². The van der Waals surface area contributed by atoms with Crippen molar-refractivity contribution < 1.29 is 24.3 Å². The quantitative estimate of drug-likeness (QED) is 0.395. The van der Waals surface area contributed by atoms with E-state index >= 15 is 0 Å². The van der Waals surface area contributed by atoms with Crippen LogP contribution in [0.5, 0.6) is 0 Å². The summed E-state index contributed by atoms with van der Waals surface area (Å²) in [5.74, 6) is -0.671. The van der Waals surface area contributed by atoms with Crippen molar-refractivity contribution in [1.82, 2.24) is 0 Å². The van der Waals surface area contributed by atoms with Gasteiger partial charge in [0.1, 0.15) is 12.4 Å². The number of benzene rings is 2. The second-order valence-electron chi connectivity index (χ2n) is 7.24. The summed E-state index contributed by atoms with van der Waals surface area (Å²) in [6, 6.07) is 17.8. The van der Waals surface area contributed by atoms with Crippen molar-refractivity contribution in [3.63, 3.8) is 0 Å². The average Bonchev–Trinajstić information content (AvgIpc) is 2.74. The fourth-order valence-corrected chi connectivity index (χ4v) is 3.84. The first-order valence-corrected chi connectivity index (χ1v) is 9.66. The molecule has 7 nitrogen and oxygen atoms in total. The average molecular weight is 399 g/mol. The highest BCUT2D eigenvalue weighted by molar-refractivity contribution is 5.50. The summed E-state index contributed by atoms with van der Waals surface area (Å²) in [7, 11) is 0. The first-order chi connectivity index (χ1) is 14.1. The molecular weight excluding hydrogens is 374 g/mol. The molecule has 0 spiro atoms. The van der Waals surface area contributed by atoms with Gasteiger partial charge in [-0.1, -0.05) is 60.7 Å². The maximum absolute atomic E-state index is 11.6. The topological polar surface area (TPSA) is 98.9 Å². The number of carbonyl (C=O) groups is 1. The molecule has 0 heterocycles. The van der Waals surface area contributed by atoms with Crippen molar-refractivity contribution in [3.05, 3.63) is 81.9 Å². The second kappa shape index (κ2) is 10.2. The monoisotopic (exact) mass is 399 g/mol. The van der Waals surface area contributed by atoms with Crippen LogP contribution < -0.4 is 0 Å². The van der Waals surface area contributed by atoms with Gasteiger partial charge in [0.15, 0.2) is 0 Å². The molecule has 0 amide bonds. The Balaban J connectivity index is 1.81. The highest BCUT2D eigenvalue weighted by Gasteiger charge is 2.50. The van der Waals surface area contributed by atoms with Gasteiger partial charge in [-0.15, -0.1) is 0 Å². The van der Waals surface area contributed by atoms with E-state index in [0.29, 0.717) is 6.29 Å². The van der Waals surface area contributed by atoms with E-state index in [4.69, 9.17) is 9.47 Å². The first kappa shape index (κ1) is 21.1. The van der Waals surface area contributed by atoms with Crippen LogP contribution in [-0.4, -0.2) is 40.7 Å². The van der Waals surface area contributed by atoms with Gasteiger partial charge in [0.25, 0.3) is 0 Å². The third-order valence-electron chi connectivity index (χ3n) is 5.31. The molecule has 1 saturated carbocycles. The van der Waals surface area contributed by atoms with Gasteiger partial charge in [-0.3, -0.25) is 10.1 Å². The summed E-state index contributed by atoms with van der Waals surface area (Å²) < 4.78 is 12.0. The zero-order valence-electron chi connectivity index (χ0n) is 16.0. The summed E-state index contributed by atoms with van der Waals surface area (Å²) in [6.45, 7) is 0.452. The predicted molar refractivity (Wildman–Crippen MR) is 106 cm³/mol. The van der Waals surface area contributed by atoms with E-state index in [1.165, 1.54) is 0 Å². The van der Waals surface area contributed by atoms with E-state index in [0.717, 1.165) is 11.1 Å². The van der Waals surface area contributed by atoms with E-state index in [2.05, 4.69) is 0 Å². The molecule has 154 valence electrons. The lowest BCUT2D eigenvalue weighted by atomic mass is 9.77. The molecule has 5 atom stereocenters. The SMILES string of the molecule is O=CC[C@H]1[C@H](OCc2ccccc2)[C@H](OCc2ccccc2)[C@H](O)C[C@H]1[N+](=O)[O-]. The second-order valence-corrected chi connectivity index (χ2v) is 7.24. The van der Waals surface area contributed by atoms with Crippen molar-refractivity contribution in [2.75, 3.05) is 0 Å². The molecule has 1 fully saturated rings. The predicted octanol–water partition coefficient (Wildman–Crippen LogP) is 2.77. The number of aliphatic hydroxyl groups excluding tert-OH is 1. The third-order valence-corrected chi connectivity index (χ3v) is 5.31. The number of ether oxygens (including phenoxy) is 2. The van der Waals surface area contributed by atoms with Crippen LogP contribution in [0.4, 0.5) is 0 Å². The fraction of sp³-hybridized carbons (Fsp3) is 0.409. The Kier molecular flexibility index (Phi) is 7.46. The Labute approximate surface area is 169 Å². The van der Waals surface area contributed by atoms with Gasteiger partial charge in [0.2, 0.25) is 6.04 Å². The molecule has 1 aliphatic carbocycles. The summed E-state index contributed by atoms with van der Waals surface area (Å²) in [5.41, 5.74) is 1.82. The zero-order valence-corrected chi connectivity index (χ0v) is 16.0. The molecule has 2 aromatic carbocycles. The molecule has 2 aromatic rings. The number of carbonyl (C=O) groups excluding carboxylic acids is 1. The van der Waals surface area contributed by atoms with Gasteiger partial charge in [-0.2, -0.15) is 0 Å². The molecule has 0 saturated heterocycles. The lowest BCUT2D eigenvalue weighted by Gasteiger charge is -2.41. The van der Waals surface area contributed by atoms with Crippen LogP contribution in [0, 0.1) is 16.0 Å². The molecule has 1 N–H and O–H groups in total. The van der Waals surface area contributed by atoms with E-state index < -0.39 is 35.2 Å². The Morgan fingerprint density at radius 3 is 1.97 bits per heavy atom. The maximum Gasteiger partial charge on any atom is 0.221 e. The maximum atomic E-state index is 11.6. The molecule has 7 heteroatoms. The molecule has 0 aromatic heterocycles. The molecule has 0 bridgehead atoms. The van der Waals surface area contributed by atoms with E-state index in [1.807, 2.05) is 60.7 Å². The van der Waals surface area contributed by atoms with Crippen LogP contribution in [0.1, 0.15) is 24.0 Å². The molecule has 29 heavy (non-hydrogen) atoms. The molecule has 0 aliphatic heterocycles. The van der Waals surface area contributed by atoms with Gasteiger partial charge >= 0.3 is 0 Å². The smallest absolute Gasteiger partial charge is 0.221 e. The number of hydrogen-bond donors (Lipinski definition) is 1. The number of hydrogen-bond acceptors (Lipinski definition) is 6. The summed E-state index contributed by atoms with van der Waals surface area (Å²) in [6.07, 6.45) is -2.02. The Hall–Kier alpha value is -2.61. The van der Waals surface area contributed by atoms with Crippen LogP contribution in [-0.2, 0) is 27.5 Å². The standard InChI is InChI=1S/C22H25NO6/c24-12-11-18-19(23(26)27)13-20(25)22(29-15-17-9-5-2-6-10-17)21(18)28-14-16-7-3-1-4-8-16/h1-10,12,18-22,25H,11,13-15H2/t18-,19-,20-,21+,22-/m1/s1. The number of nitro groups is 1. The lowest BCUT2D eigenvalue weighted by Crippen LogP contribution is -2.56. The van der Waals surface area contributed by atoms with Crippen LogP contribution in [0.15, 0.2) is 60.7 Å². The first-order valence-electron chi connectivity index (χ1n) is 9.66. The Bertz CT molecular complexity index is 784. The molecular formula is C22H25NO6. The van der Waals surface area contributed by atoms with Crippen molar-refractivity contribution in [2.24, 2.45) is 5.92 Å². The van der Waals surface area contributed by atoms with Gasteiger partial charge in [0.05, 0.1) is 31.3 Å². The minimum atomic E-state index is -1.06. The third kappa shape index (κ3) is 5.47. The number of aliphatic hydroxyl groups is 1. The number of aldehydes is 1. The van der Waals surface area contributed by atoms with Crippen molar-refractivity contribution >= 4 is 6.29 Å². The van der Waals surface area contributed by atoms with Crippen molar-refractivity contribution in [2.45, 2.75) is 50.4 Å². The van der Waals surface area contributed by atoms with E-state index in [9.17, 15) is 20.0 Å². The fourth-order valence-electron chi connectivity index (χ4n) is 3.84. The Morgan fingerprint density at radius 2 is 1.48 bits per heavy atom. The van der Waals surface area contributed by atoms with Crippen LogP contribution >= 0.6 is 0 Å². The zero-order chi connectivity index (χ0) is 20.6. The van der Waals surface area contributed by atoms with Gasteiger partial charge in [0, 0.05) is 17.8 Å². The molecule has 0 unspecified atom stereocenters. The van der Waals surface area contributed by atoms with Crippen LogP contribution in [0.25, 0.3) is 0 Å². The summed E-state index contributed by atoms with van der Waals surface area (Å²) >= 11 is 0. The van der Waals surface area contributed by atoms with E-state index in [1.54, 1.807) is 0 Å². The van der Waals surface area contributed by atoms with Crippen LogP contribution in [0.3, 0.4) is 0 Å². The lowest BCUT2D eigenvalue weighted by molar-refractivity contribution is -0.543. The van der Waals surface area contributed by atoms with Gasteiger partial charge < -0.3 is 19.4 Å². The highest BCUT2D eigenvalue weighted by atomic mass is 16.6. The molecule has 1 aliphatic rings. The van der Waals surface area contributed by atoms with Gasteiger partial charge in [-0.05, 0) is 11.1 Å². The minimum absolute atomic E-state index is 0.0248. The summed E-state index contributed by atoms with van der Waals surface area (Å²) in [5, 5.41) is 22.2. The highest BCUT2D eigenvalue weighted by Crippen LogP contribution is 2.34. The molecule has 3 rings (SSSR count). The summed E-state index contributed by atoms with van der Waals surface area (Å²) in [4.78, 5) is 22.4. The normalized spacial score (nSPS) is 26.7. The van der Waals surface area contributed by atoms with E-state index in [-0.39, 0.29) is 26.1 Å². The Morgan fingerprint density at radius 1 is 0.966 bits per heavy atom. The minimum Gasteiger partial charge on any atom is -0.390 e. The number of nitrogens with zero attached hydrogens (tertiary/aromatic N) is 1. The molecule has 0 radical (unpaired) electrons.